The van der Waals surface area contributed by atoms with Crippen molar-refractivity contribution < 1.29 is 4.74 Å². The Balaban J connectivity index is 1.08. The molecule has 1 saturated heterocycles. The van der Waals surface area contributed by atoms with Gasteiger partial charge in [0.1, 0.15) is 0 Å². The van der Waals surface area contributed by atoms with E-state index in [1.54, 1.807) is 12.8 Å². The van der Waals surface area contributed by atoms with Gasteiger partial charge in [-0.1, -0.05) is 57.9 Å². The lowest BCUT2D eigenvalue weighted by atomic mass is 9.68. The first kappa shape index (κ1) is 22.9. The van der Waals surface area contributed by atoms with Gasteiger partial charge in [0.2, 0.25) is 0 Å². The zero-order valence-electron chi connectivity index (χ0n) is 20.0. The predicted molar refractivity (Wildman–Crippen MR) is 129 cm³/mol. The van der Waals surface area contributed by atoms with Crippen LogP contribution in [0.15, 0.2) is 12.7 Å². The first-order chi connectivity index (χ1) is 14.7. The van der Waals surface area contributed by atoms with E-state index in [2.05, 4.69) is 19.6 Å². The third-order valence-electron chi connectivity index (χ3n) is 9.86. The standard InChI is InChI=1S/C29H50O/c1-3-5-28-20-21-29(30-28)27-18-12-24(13-19-27)7-6-23-10-16-26(17-11-23)25-14-8-22(4-2)9-15-25/h4,22-29H,2-3,5-21H2,1H3. The Labute approximate surface area is 187 Å². The third kappa shape index (κ3) is 6.14. The summed E-state index contributed by atoms with van der Waals surface area (Å²) in [4.78, 5) is 0. The molecule has 0 N–H and O–H groups in total. The van der Waals surface area contributed by atoms with Crippen molar-refractivity contribution in [2.45, 2.75) is 135 Å². The number of rotatable bonds is 8. The van der Waals surface area contributed by atoms with Crippen LogP contribution in [-0.2, 0) is 4.74 Å². The lowest BCUT2D eigenvalue weighted by molar-refractivity contribution is -0.00761. The molecule has 0 aromatic carbocycles. The summed E-state index contributed by atoms with van der Waals surface area (Å²) in [5.74, 6) is 5.90. The highest BCUT2D eigenvalue weighted by molar-refractivity contribution is 4.88. The van der Waals surface area contributed by atoms with Gasteiger partial charge in [0.05, 0.1) is 12.2 Å². The first-order valence-corrected chi connectivity index (χ1v) is 14.0. The van der Waals surface area contributed by atoms with E-state index in [1.165, 1.54) is 103 Å². The molecule has 0 aromatic rings. The summed E-state index contributed by atoms with van der Waals surface area (Å²) < 4.78 is 6.40. The van der Waals surface area contributed by atoms with Crippen LogP contribution in [0.3, 0.4) is 0 Å². The van der Waals surface area contributed by atoms with E-state index < -0.39 is 0 Å². The minimum Gasteiger partial charge on any atom is -0.375 e. The second-order valence-corrected chi connectivity index (χ2v) is 11.7. The maximum atomic E-state index is 6.40. The Hall–Kier alpha value is -0.300. The monoisotopic (exact) mass is 414 g/mol. The molecule has 172 valence electrons. The highest BCUT2D eigenvalue weighted by atomic mass is 16.5. The smallest absolute Gasteiger partial charge is 0.0608 e. The van der Waals surface area contributed by atoms with E-state index in [0.29, 0.717) is 12.2 Å². The van der Waals surface area contributed by atoms with E-state index in [4.69, 9.17) is 4.74 Å². The zero-order valence-corrected chi connectivity index (χ0v) is 20.0. The van der Waals surface area contributed by atoms with E-state index in [9.17, 15) is 0 Å². The van der Waals surface area contributed by atoms with Gasteiger partial charge in [-0.3, -0.25) is 0 Å². The number of hydrogen-bond acceptors (Lipinski definition) is 1. The molecule has 3 saturated carbocycles. The Morgan fingerprint density at radius 2 is 1.17 bits per heavy atom. The zero-order chi connectivity index (χ0) is 20.8. The van der Waals surface area contributed by atoms with Crippen molar-refractivity contribution in [2.24, 2.45) is 35.5 Å². The van der Waals surface area contributed by atoms with Crippen LogP contribution < -0.4 is 0 Å². The fourth-order valence-corrected chi connectivity index (χ4v) is 7.74. The Bertz CT molecular complexity index is 488. The van der Waals surface area contributed by atoms with Crippen LogP contribution in [0.2, 0.25) is 0 Å². The third-order valence-corrected chi connectivity index (χ3v) is 9.86. The van der Waals surface area contributed by atoms with Gasteiger partial charge in [-0.15, -0.1) is 6.58 Å². The maximum absolute atomic E-state index is 6.40. The summed E-state index contributed by atoms with van der Waals surface area (Å²) in [7, 11) is 0. The van der Waals surface area contributed by atoms with Gasteiger partial charge in [0.15, 0.2) is 0 Å². The lowest BCUT2D eigenvalue weighted by Gasteiger charge is -2.38. The minimum atomic E-state index is 0.588. The summed E-state index contributed by atoms with van der Waals surface area (Å²) in [6.45, 7) is 6.31. The molecule has 0 bridgehead atoms. The van der Waals surface area contributed by atoms with Crippen molar-refractivity contribution in [3.8, 4) is 0 Å². The summed E-state index contributed by atoms with van der Waals surface area (Å²) in [5, 5.41) is 0. The van der Waals surface area contributed by atoms with Crippen LogP contribution in [0.4, 0.5) is 0 Å². The van der Waals surface area contributed by atoms with Gasteiger partial charge >= 0.3 is 0 Å². The predicted octanol–water partition coefficient (Wildman–Crippen LogP) is 8.72. The van der Waals surface area contributed by atoms with Crippen molar-refractivity contribution in [3.05, 3.63) is 12.7 Å². The fraction of sp³-hybridized carbons (Fsp3) is 0.931. The van der Waals surface area contributed by atoms with Gasteiger partial charge in [-0.25, -0.2) is 0 Å². The molecule has 4 rings (SSSR count). The van der Waals surface area contributed by atoms with Crippen molar-refractivity contribution in [2.75, 3.05) is 0 Å². The Kier molecular flexibility index (Phi) is 8.79. The number of ether oxygens (including phenoxy) is 1. The molecule has 0 radical (unpaired) electrons. The quantitative estimate of drug-likeness (QED) is 0.361. The lowest BCUT2D eigenvalue weighted by Crippen LogP contribution is -2.27. The fourth-order valence-electron chi connectivity index (χ4n) is 7.74. The van der Waals surface area contributed by atoms with Gasteiger partial charge in [0.25, 0.3) is 0 Å². The second-order valence-electron chi connectivity index (χ2n) is 11.7. The normalized spacial score (nSPS) is 42.8. The number of hydrogen-bond donors (Lipinski definition) is 0. The van der Waals surface area contributed by atoms with Gasteiger partial charge < -0.3 is 4.74 Å². The van der Waals surface area contributed by atoms with E-state index >= 15 is 0 Å². The summed E-state index contributed by atoms with van der Waals surface area (Å²) >= 11 is 0. The molecular formula is C29H50O. The Morgan fingerprint density at radius 3 is 1.70 bits per heavy atom. The van der Waals surface area contributed by atoms with Crippen LogP contribution in [-0.4, -0.2) is 12.2 Å². The molecule has 0 aromatic heterocycles. The van der Waals surface area contributed by atoms with Gasteiger partial charge in [-0.2, -0.15) is 0 Å². The first-order valence-electron chi connectivity index (χ1n) is 14.0. The van der Waals surface area contributed by atoms with Gasteiger partial charge in [-0.05, 0) is 106 Å². The van der Waals surface area contributed by atoms with E-state index in [1.807, 2.05) is 0 Å². The van der Waals surface area contributed by atoms with Crippen LogP contribution >= 0.6 is 0 Å². The van der Waals surface area contributed by atoms with Crippen molar-refractivity contribution in [1.29, 1.82) is 0 Å². The Morgan fingerprint density at radius 1 is 0.633 bits per heavy atom. The van der Waals surface area contributed by atoms with E-state index in [0.717, 1.165) is 35.5 Å². The van der Waals surface area contributed by atoms with Crippen LogP contribution in [0.1, 0.15) is 122 Å². The largest absolute Gasteiger partial charge is 0.375 e. The molecule has 3 aliphatic carbocycles. The van der Waals surface area contributed by atoms with E-state index in [-0.39, 0.29) is 0 Å². The average molecular weight is 415 g/mol. The minimum absolute atomic E-state index is 0.588. The highest BCUT2D eigenvalue weighted by Crippen LogP contribution is 2.44. The van der Waals surface area contributed by atoms with Crippen molar-refractivity contribution in [1.82, 2.24) is 0 Å². The molecule has 1 nitrogen and oxygen atoms in total. The molecule has 2 atom stereocenters. The summed E-state index contributed by atoms with van der Waals surface area (Å²) in [6.07, 6.45) is 29.6. The number of allylic oxidation sites excluding steroid dienone is 1. The molecule has 4 fully saturated rings. The second kappa shape index (κ2) is 11.5. The molecular weight excluding hydrogens is 364 g/mol. The van der Waals surface area contributed by atoms with Crippen LogP contribution in [0.25, 0.3) is 0 Å². The molecule has 0 spiro atoms. The summed E-state index contributed by atoms with van der Waals surface area (Å²) in [6, 6.07) is 0. The molecule has 1 heteroatoms. The molecule has 0 amide bonds. The summed E-state index contributed by atoms with van der Waals surface area (Å²) in [5.41, 5.74) is 0. The SMILES string of the molecule is C=CC1CCC(C2CCC(CCC3CCC(C4CCC(CCC)O4)CC3)CC2)CC1. The molecule has 4 aliphatic rings. The van der Waals surface area contributed by atoms with Crippen molar-refractivity contribution in [3.63, 3.8) is 0 Å². The van der Waals surface area contributed by atoms with Gasteiger partial charge in [0, 0.05) is 0 Å². The molecule has 2 unspecified atom stereocenters. The van der Waals surface area contributed by atoms with Crippen LogP contribution in [0, 0.1) is 35.5 Å². The maximum Gasteiger partial charge on any atom is 0.0608 e. The molecule has 30 heavy (non-hydrogen) atoms. The van der Waals surface area contributed by atoms with Crippen molar-refractivity contribution >= 4 is 0 Å². The van der Waals surface area contributed by atoms with Crippen LogP contribution in [0.5, 0.6) is 0 Å². The molecule has 1 heterocycles. The topological polar surface area (TPSA) is 9.23 Å². The molecule has 1 aliphatic heterocycles. The highest BCUT2D eigenvalue weighted by Gasteiger charge is 2.34. The average Bonchev–Trinajstić information content (AvgIpc) is 3.27.